The highest BCUT2D eigenvalue weighted by atomic mass is 16.2. The Labute approximate surface area is 60.2 Å². The fourth-order valence-electron chi connectivity index (χ4n) is 2.85. The van der Waals surface area contributed by atoms with Crippen LogP contribution in [0.15, 0.2) is 0 Å². The van der Waals surface area contributed by atoms with Gasteiger partial charge in [0.1, 0.15) is 0 Å². The van der Waals surface area contributed by atoms with Gasteiger partial charge in [-0.15, -0.1) is 0 Å². The fourth-order valence-corrected chi connectivity index (χ4v) is 2.85. The molecule has 2 atom stereocenters. The van der Waals surface area contributed by atoms with E-state index >= 15 is 0 Å². The van der Waals surface area contributed by atoms with Crippen LogP contribution in [0, 0.1) is 5.92 Å². The van der Waals surface area contributed by atoms with E-state index in [1.807, 2.05) is 0 Å². The molecule has 0 aromatic rings. The largest absolute Gasteiger partial charge is 0.337 e. The minimum Gasteiger partial charge on any atom is -0.337 e. The zero-order valence-electron chi connectivity index (χ0n) is 5.97. The van der Waals surface area contributed by atoms with E-state index in [2.05, 4.69) is 4.90 Å². The number of piperidine rings is 1. The van der Waals surface area contributed by atoms with Crippen LogP contribution in [0.3, 0.4) is 0 Å². The van der Waals surface area contributed by atoms with Gasteiger partial charge in [-0.05, 0) is 25.2 Å². The highest BCUT2D eigenvalue weighted by Crippen LogP contribution is 2.61. The Morgan fingerprint density at radius 1 is 1.60 bits per heavy atom. The molecule has 0 bridgehead atoms. The van der Waals surface area contributed by atoms with Crippen LogP contribution >= 0.6 is 0 Å². The summed E-state index contributed by atoms with van der Waals surface area (Å²) >= 11 is 0. The van der Waals surface area contributed by atoms with Crippen molar-refractivity contribution in [2.45, 2.75) is 31.2 Å². The van der Waals surface area contributed by atoms with Gasteiger partial charge in [0.25, 0.3) is 0 Å². The molecule has 10 heavy (non-hydrogen) atoms. The van der Waals surface area contributed by atoms with Gasteiger partial charge < -0.3 is 4.90 Å². The Hall–Kier alpha value is -0.530. The number of nitrogens with zero attached hydrogens (tertiary/aromatic N) is 1. The van der Waals surface area contributed by atoms with Crippen molar-refractivity contribution in [3.63, 3.8) is 0 Å². The number of rotatable bonds is 0. The first kappa shape index (κ1) is 5.16. The van der Waals surface area contributed by atoms with Crippen LogP contribution in [-0.2, 0) is 4.79 Å². The topological polar surface area (TPSA) is 20.3 Å². The Morgan fingerprint density at radius 3 is 3.20 bits per heavy atom. The van der Waals surface area contributed by atoms with Gasteiger partial charge in [-0.3, -0.25) is 4.79 Å². The molecule has 3 aliphatic rings. The molecular formula is C8H11NO. The SMILES string of the molecule is O=C1CC[C@]23C[C@H]2CCN13. The lowest BCUT2D eigenvalue weighted by molar-refractivity contribution is -0.128. The van der Waals surface area contributed by atoms with Crippen molar-refractivity contribution in [1.82, 2.24) is 4.90 Å². The third-order valence-electron chi connectivity index (χ3n) is 3.51. The first-order chi connectivity index (χ1) is 4.83. The van der Waals surface area contributed by atoms with E-state index in [1.54, 1.807) is 0 Å². The Balaban J connectivity index is 2.03. The summed E-state index contributed by atoms with van der Waals surface area (Å²) in [6, 6.07) is 0. The van der Waals surface area contributed by atoms with Gasteiger partial charge in [0, 0.05) is 18.5 Å². The number of carbonyl (C=O) groups excluding carboxylic acids is 1. The van der Waals surface area contributed by atoms with Crippen LogP contribution in [0.4, 0.5) is 0 Å². The highest BCUT2D eigenvalue weighted by Gasteiger charge is 2.65. The smallest absolute Gasteiger partial charge is 0.223 e. The Morgan fingerprint density at radius 2 is 2.50 bits per heavy atom. The van der Waals surface area contributed by atoms with Crippen molar-refractivity contribution in [2.24, 2.45) is 5.92 Å². The van der Waals surface area contributed by atoms with Gasteiger partial charge >= 0.3 is 0 Å². The maximum Gasteiger partial charge on any atom is 0.223 e. The first-order valence-electron chi connectivity index (χ1n) is 4.13. The summed E-state index contributed by atoms with van der Waals surface area (Å²) in [6.45, 7) is 1.06. The lowest BCUT2D eigenvalue weighted by Gasteiger charge is -2.18. The summed E-state index contributed by atoms with van der Waals surface area (Å²) in [5.74, 6) is 1.32. The molecule has 2 saturated heterocycles. The normalized spacial score (nSPS) is 49.4. The zero-order chi connectivity index (χ0) is 6.77. The molecule has 1 spiro atoms. The first-order valence-corrected chi connectivity index (χ1v) is 4.13. The van der Waals surface area contributed by atoms with Crippen molar-refractivity contribution in [3.8, 4) is 0 Å². The molecule has 2 heterocycles. The second kappa shape index (κ2) is 1.25. The molecule has 1 amide bonds. The predicted molar refractivity (Wildman–Crippen MR) is 36.4 cm³/mol. The second-order valence-corrected chi connectivity index (χ2v) is 3.84. The summed E-state index contributed by atoms with van der Waals surface area (Å²) < 4.78 is 0. The van der Waals surface area contributed by atoms with Gasteiger partial charge in [0.2, 0.25) is 5.91 Å². The summed E-state index contributed by atoms with van der Waals surface area (Å²) in [5, 5.41) is 0. The maximum atomic E-state index is 11.2. The minimum absolute atomic E-state index is 0.417. The Bertz CT molecular complexity index is 213. The fraction of sp³-hybridized carbons (Fsp3) is 0.875. The number of carbonyl (C=O) groups is 1. The van der Waals surface area contributed by atoms with Crippen LogP contribution in [0.5, 0.6) is 0 Å². The molecule has 1 saturated carbocycles. The molecule has 3 rings (SSSR count). The third kappa shape index (κ3) is 0.360. The summed E-state index contributed by atoms with van der Waals surface area (Å²) in [5.41, 5.74) is 0.428. The van der Waals surface area contributed by atoms with Crippen LogP contribution in [-0.4, -0.2) is 22.9 Å². The van der Waals surface area contributed by atoms with E-state index in [1.165, 1.54) is 12.8 Å². The van der Waals surface area contributed by atoms with Gasteiger partial charge in [-0.1, -0.05) is 0 Å². The predicted octanol–water partition coefficient (Wildman–Crippen LogP) is 0.771. The summed E-state index contributed by atoms with van der Waals surface area (Å²) in [4.78, 5) is 13.4. The monoisotopic (exact) mass is 137 g/mol. The number of hydrogen-bond donors (Lipinski definition) is 0. The molecular weight excluding hydrogens is 126 g/mol. The van der Waals surface area contributed by atoms with Crippen molar-refractivity contribution in [3.05, 3.63) is 0 Å². The molecule has 2 aliphatic heterocycles. The van der Waals surface area contributed by atoms with Gasteiger partial charge in [-0.2, -0.15) is 0 Å². The van der Waals surface area contributed by atoms with E-state index in [0.29, 0.717) is 11.4 Å². The Kier molecular flexibility index (Phi) is 0.644. The minimum atomic E-state index is 0.417. The molecule has 2 nitrogen and oxygen atoms in total. The molecule has 0 aromatic heterocycles. The van der Waals surface area contributed by atoms with Gasteiger partial charge in [0.05, 0.1) is 0 Å². The van der Waals surface area contributed by atoms with Crippen LogP contribution < -0.4 is 0 Å². The molecule has 0 radical (unpaired) electrons. The standard InChI is InChI=1S/C8H11NO/c10-7-1-3-8-5-6(8)2-4-9(7)8/h6H,1-5H2/t6-,8+/m1/s1. The maximum absolute atomic E-state index is 11.2. The van der Waals surface area contributed by atoms with Crippen LogP contribution in [0.25, 0.3) is 0 Å². The molecule has 3 fully saturated rings. The molecule has 0 aromatic carbocycles. The van der Waals surface area contributed by atoms with Crippen molar-refractivity contribution >= 4 is 5.91 Å². The van der Waals surface area contributed by atoms with Crippen molar-refractivity contribution in [1.29, 1.82) is 0 Å². The molecule has 2 heteroatoms. The lowest BCUT2D eigenvalue weighted by Crippen LogP contribution is -2.31. The molecule has 0 N–H and O–H groups in total. The lowest BCUT2D eigenvalue weighted by atomic mass is 10.1. The molecule has 0 unspecified atom stereocenters. The molecule has 54 valence electrons. The quantitative estimate of drug-likeness (QED) is 0.483. The van der Waals surface area contributed by atoms with E-state index in [9.17, 15) is 4.79 Å². The molecule has 1 aliphatic carbocycles. The van der Waals surface area contributed by atoms with E-state index in [-0.39, 0.29) is 0 Å². The highest BCUT2D eigenvalue weighted by molar-refractivity contribution is 5.81. The number of hydrogen-bond acceptors (Lipinski definition) is 1. The van der Waals surface area contributed by atoms with Crippen LogP contribution in [0.2, 0.25) is 0 Å². The van der Waals surface area contributed by atoms with E-state index < -0.39 is 0 Å². The van der Waals surface area contributed by atoms with Crippen molar-refractivity contribution in [2.75, 3.05) is 6.54 Å². The van der Waals surface area contributed by atoms with Crippen molar-refractivity contribution < 1.29 is 4.79 Å². The van der Waals surface area contributed by atoms with E-state index in [4.69, 9.17) is 0 Å². The van der Waals surface area contributed by atoms with Gasteiger partial charge in [-0.25, -0.2) is 0 Å². The van der Waals surface area contributed by atoms with E-state index in [0.717, 1.165) is 25.3 Å². The summed E-state index contributed by atoms with van der Waals surface area (Å²) in [6.07, 6.45) is 4.59. The average Bonchev–Trinajstić information content (AvgIpc) is 2.35. The third-order valence-corrected chi connectivity index (χ3v) is 3.51. The zero-order valence-corrected chi connectivity index (χ0v) is 5.97. The summed E-state index contributed by atoms with van der Waals surface area (Å²) in [7, 11) is 0. The second-order valence-electron chi connectivity index (χ2n) is 3.84. The van der Waals surface area contributed by atoms with Crippen LogP contribution in [0.1, 0.15) is 25.7 Å². The van der Waals surface area contributed by atoms with Gasteiger partial charge in [0.15, 0.2) is 0 Å². The average molecular weight is 137 g/mol. The number of amides is 1.